The minimum Gasteiger partial charge on any atom is -0.461 e. The molecule has 0 saturated carbocycles. The van der Waals surface area contributed by atoms with E-state index < -0.39 is 16.7 Å². The molecule has 2 heterocycles. The molecule has 1 aliphatic rings. The van der Waals surface area contributed by atoms with Gasteiger partial charge in [-0.2, -0.15) is 8.78 Å². The molecule has 0 N–H and O–H groups in total. The lowest BCUT2D eigenvalue weighted by Gasteiger charge is -1.98. The highest BCUT2D eigenvalue weighted by atomic mass is 32.2. The molecule has 0 unspecified atom stereocenters. The van der Waals surface area contributed by atoms with Gasteiger partial charge in [0, 0.05) is 23.8 Å². The summed E-state index contributed by atoms with van der Waals surface area (Å²) < 4.78 is 34.7. The third-order valence-corrected chi connectivity index (χ3v) is 3.94. The van der Waals surface area contributed by atoms with Crippen LogP contribution in [0.4, 0.5) is 14.5 Å². The quantitative estimate of drug-likeness (QED) is 0.325. The number of halogens is 2. The average molecular weight is 380 g/mol. The van der Waals surface area contributed by atoms with Gasteiger partial charge in [0.15, 0.2) is 5.70 Å². The number of carbonyl (C=O) groups is 1. The summed E-state index contributed by atoms with van der Waals surface area (Å²) in [6.45, 7) is 0. The number of esters is 1. The summed E-state index contributed by atoms with van der Waals surface area (Å²) in [5.41, 5.74) is 0.0595. The van der Waals surface area contributed by atoms with Crippen molar-refractivity contribution in [3.63, 3.8) is 0 Å². The Balaban J connectivity index is 1.81. The van der Waals surface area contributed by atoms with E-state index in [0.29, 0.717) is 17.5 Å². The van der Waals surface area contributed by atoms with Gasteiger partial charge in [-0.25, -0.2) is 9.79 Å². The minimum absolute atomic E-state index is 0.00646. The van der Waals surface area contributed by atoms with Crippen LogP contribution in [0.2, 0.25) is 0 Å². The molecule has 1 aromatic heterocycles. The van der Waals surface area contributed by atoms with E-state index >= 15 is 0 Å². The second-order valence-corrected chi connectivity index (χ2v) is 6.00. The van der Waals surface area contributed by atoms with E-state index in [2.05, 4.69) is 4.99 Å². The molecule has 0 bridgehead atoms. The smallest absolute Gasteiger partial charge is 0.363 e. The highest BCUT2D eigenvalue weighted by molar-refractivity contribution is 7.98. The standard InChI is InChI=1S/C16H10F2N2O5S/c17-16(18)26-8-12-5-4-11(24-12)7-13-15(21)25-14(19-13)9-2-1-3-10(6-9)20(22)23/h1-7,16H,8H2/b13-7-. The number of cyclic esters (lactones) is 1. The fourth-order valence-electron chi connectivity index (χ4n) is 2.11. The summed E-state index contributed by atoms with van der Waals surface area (Å²) >= 11 is 0.420. The van der Waals surface area contributed by atoms with Crippen LogP contribution in [0.5, 0.6) is 0 Å². The van der Waals surface area contributed by atoms with E-state index in [4.69, 9.17) is 9.15 Å². The van der Waals surface area contributed by atoms with Gasteiger partial charge in [-0.3, -0.25) is 10.1 Å². The fraction of sp³-hybridized carbons (Fsp3) is 0.125. The largest absolute Gasteiger partial charge is 0.461 e. The van der Waals surface area contributed by atoms with Crippen molar-refractivity contribution in [1.82, 2.24) is 0 Å². The van der Waals surface area contributed by atoms with Gasteiger partial charge in [0.1, 0.15) is 11.5 Å². The molecule has 0 saturated heterocycles. The first kappa shape index (κ1) is 17.8. The molecule has 0 atom stereocenters. The summed E-state index contributed by atoms with van der Waals surface area (Å²) in [4.78, 5) is 26.2. The third-order valence-electron chi connectivity index (χ3n) is 3.24. The van der Waals surface area contributed by atoms with Gasteiger partial charge < -0.3 is 9.15 Å². The van der Waals surface area contributed by atoms with E-state index in [0.717, 1.165) is 0 Å². The molecule has 3 rings (SSSR count). The maximum atomic E-state index is 12.2. The number of nitro groups is 1. The van der Waals surface area contributed by atoms with Crippen LogP contribution in [0, 0.1) is 10.1 Å². The minimum atomic E-state index is -2.51. The Morgan fingerprint density at radius 2 is 2.12 bits per heavy atom. The van der Waals surface area contributed by atoms with Gasteiger partial charge in [0.2, 0.25) is 5.90 Å². The van der Waals surface area contributed by atoms with Crippen LogP contribution in [0.3, 0.4) is 0 Å². The fourth-order valence-corrected chi connectivity index (χ4v) is 2.56. The van der Waals surface area contributed by atoms with Crippen LogP contribution in [-0.4, -0.2) is 22.5 Å². The normalized spacial score (nSPS) is 15.4. The summed E-state index contributed by atoms with van der Waals surface area (Å²) in [7, 11) is 0. The number of non-ortho nitro benzene ring substituents is 1. The Morgan fingerprint density at radius 3 is 2.85 bits per heavy atom. The number of nitrogens with zero attached hydrogens (tertiary/aromatic N) is 2. The first-order valence-corrected chi connectivity index (χ1v) is 8.23. The number of furan rings is 1. The van der Waals surface area contributed by atoms with E-state index in [1.807, 2.05) is 0 Å². The molecule has 1 aliphatic heterocycles. The van der Waals surface area contributed by atoms with Gasteiger partial charge in [0.25, 0.3) is 11.4 Å². The van der Waals surface area contributed by atoms with Crippen LogP contribution in [0.25, 0.3) is 6.08 Å². The van der Waals surface area contributed by atoms with Gasteiger partial charge in [0.05, 0.1) is 10.7 Å². The SMILES string of the molecule is O=C1OC(c2cccc([N+](=O)[O-])c2)=N/C1=C\c1ccc(CSC(F)F)o1. The van der Waals surface area contributed by atoms with Crippen molar-refractivity contribution in [3.8, 4) is 0 Å². The number of rotatable bonds is 6. The highest BCUT2D eigenvalue weighted by Gasteiger charge is 2.25. The highest BCUT2D eigenvalue weighted by Crippen LogP contribution is 2.24. The number of carbonyl (C=O) groups excluding carboxylic acids is 1. The van der Waals surface area contributed by atoms with Crippen LogP contribution in [0.15, 0.2) is 51.5 Å². The molecule has 0 spiro atoms. The molecule has 26 heavy (non-hydrogen) atoms. The van der Waals surface area contributed by atoms with E-state index in [1.54, 1.807) is 0 Å². The second kappa shape index (κ2) is 7.48. The van der Waals surface area contributed by atoms with E-state index in [1.165, 1.54) is 42.5 Å². The molecular formula is C16H10F2N2O5S. The lowest BCUT2D eigenvalue weighted by atomic mass is 10.2. The summed E-state index contributed by atoms with van der Waals surface area (Å²) in [5, 5.41) is 10.8. The topological polar surface area (TPSA) is 94.9 Å². The van der Waals surface area contributed by atoms with Crippen molar-refractivity contribution in [2.45, 2.75) is 11.5 Å². The van der Waals surface area contributed by atoms with Crippen molar-refractivity contribution >= 4 is 35.4 Å². The zero-order chi connectivity index (χ0) is 18.7. The van der Waals surface area contributed by atoms with Crippen LogP contribution in [0.1, 0.15) is 17.1 Å². The van der Waals surface area contributed by atoms with Gasteiger partial charge in [-0.15, -0.1) is 0 Å². The Bertz CT molecular complexity index is 923. The van der Waals surface area contributed by atoms with Gasteiger partial charge in [-0.1, -0.05) is 17.8 Å². The van der Waals surface area contributed by atoms with Crippen LogP contribution in [-0.2, 0) is 15.3 Å². The van der Waals surface area contributed by atoms with Crippen molar-refractivity contribution in [2.24, 2.45) is 4.99 Å². The molecule has 2 aromatic rings. The predicted octanol–water partition coefficient (Wildman–Crippen LogP) is 3.99. The molecule has 0 radical (unpaired) electrons. The van der Waals surface area contributed by atoms with Gasteiger partial charge in [-0.05, 0) is 18.2 Å². The number of hydrogen-bond donors (Lipinski definition) is 0. The summed E-state index contributed by atoms with van der Waals surface area (Å²) in [6, 6.07) is 8.55. The number of nitro benzene ring substituents is 1. The van der Waals surface area contributed by atoms with Crippen molar-refractivity contribution in [1.29, 1.82) is 0 Å². The Hall–Kier alpha value is -3.01. The molecule has 7 nitrogen and oxygen atoms in total. The molecule has 0 aliphatic carbocycles. The number of alkyl halides is 2. The molecule has 0 fully saturated rings. The number of thioether (sulfide) groups is 1. The lowest BCUT2D eigenvalue weighted by Crippen LogP contribution is -2.05. The molecule has 10 heteroatoms. The Labute approximate surface area is 149 Å². The molecule has 0 amide bonds. The lowest BCUT2D eigenvalue weighted by molar-refractivity contribution is -0.384. The summed E-state index contributed by atoms with van der Waals surface area (Å²) in [5.74, 6) is -2.74. The van der Waals surface area contributed by atoms with Crippen molar-refractivity contribution < 1.29 is 27.7 Å². The monoisotopic (exact) mass is 380 g/mol. The maximum Gasteiger partial charge on any atom is 0.363 e. The van der Waals surface area contributed by atoms with E-state index in [-0.39, 0.29) is 34.4 Å². The van der Waals surface area contributed by atoms with E-state index in [9.17, 15) is 23.7 Å². The second-order valence-electron chi connectivity index (χ2n) is 5.02. The zero-order valence-corrected chi connectivity index (χ0v) is 13.7. The van der Waals surface area contributed by atoms with Crippen LogP contribution >= 0.6 is 11.8 Å². The zero-order valence-electron chi connectivity index (χ0n) is 12.9. The maximum absolute atomic E-state index is 12.2. The average Bonchev–Trinajstić information content (AvgIpc) is 3.20. The van der Waals surface area contributed by atoms with Crippen LogP contribution < -0.4 is 0 Å². The Morgan fingerprint density at radius 1 is 1.31 bits per heavy atom. The van der Waals surface area contributed by atoms with Crippen molar-refractivity contribution in [2.75, 3.05) is 0 Å². The Kier molecular flexibility index (Phi) is 5.12. The first-order chi connectivity index (χ1) is 12.4. The number of benzene rings is 1. The first-order valence-electron chi connectivity index (χ1n) is 7.18. The summed E-state index contributed by atoms with van der Waals surface area (Å²) in [6.07, 6.45) is 1.31. The molecule has 1 aromatic carbocycles. The number of ether oxygens (including phenoxy) is 1. The molecule has 134 valence electrons. The van der Waals surface area contributed by atoms with Gasteiger partial charge >= 0.3 is 5.97 Å². The van der Waals surface area contributed by atoms with Crippen molar-refractivity contribution in [3.05, 3.63) is 69.3 Å². The number of hydrogen-bond acceptors (Lipinski definition) is 7. The molecular weight excluding hydrogens is 370 g/mol. The number of aliphatic imine (C=N–C) groups is 1. The predicted molar refractivity (Wildman–Crippen MR) is 89.7 cm³/mol. The third kappa shape index (κ3) is 4.14.